The molecule has 18 heteroatoms. The van der Waals surface area contributed by atoms with Crippen LogP contribution in [0, 0.1) is 0 Å². The number of carbonyl (C=O) groups excluding carboxylic acids is 3. The van der Waals surface area contributed by atoms with Crippen LogP contribution in [0.3, 0.4) is 0 Å². The number of unbranched alkanes of at least 4 members (excludes halogenated alkanes) is 36. The zero-order valence-electron chi connectivity index (χ0n) is 77.5. The lowest BCUT2D eigenvalue weighted by Crippen LogP contribution is -2.30. The summed E-state index contributed by atoms with van der Waals surface area (Å²) in [4.78, 5) is 59.1. The van der Waals surface area contributed by atoms with Crippen molar-refractivity contribution in [3.05, 3.63) is 194 Å². The third kappa shape index (κ3) is 96.9. The van der Waals surface area contributed by atoms with Gasteiger partial charge in [0.25, 0.3) is 0 Å². The Morgan fingerprint density at radius 2 is 0.407 bits per heavy atom. The van der Waals surface area contributed by atoms with Gasteiger partial charge in [0.15, 0.2) is 6.10 Å². The molecule has 5 atom stereocenters. The first-order valence-electron chi connectivity index (χ1n) is 48.7. The van der Waals surface area contributed by atoms with Crippen LogP contribution in [0.1, 0.15) is 393 Å². The van der Waals surface area contributed by atoms with Crippen LogP contribution in [-0.4, -0.2) is 95.9 Å². The van der Waals surface area contributed by atoms with Crippen LogP contribution in [0.25, 0.3) is 0 Å². The van der Waals surface area contributed by atoms with E-state index in [1.54, 1.807) is 0 Å². The van der Waals surface area contributed by atoms with E-state index >= 15 is 0 Å². The third-order valence-corrected chi connectivity index (χ3v) is 22.2. The van der Waals surface area contributed by atoms with Crippen molar-refractivity contribution in [3.63, 3.8) is 0 Å². The van der Waals surface area contributed by atoms with Gasteiger partial charge in [0.05, 0.1) is 26.4 Å². The summed E-state index contributed by atoms with van der Waals surface area (Å²) in [5.41, 5.74) is 0. The minimum atomic E-state index is -4.95. The third-order valence-electron chi connectivity index (χ3n) is 20.3. The van der Waals surface area contributed by atoms with Gasteiger partial charge in [0, 0.05) is 19.3 Å². The Morgan fingerprint density at radius 1 is 0.228 bits per heavy atom. The molecule has 0 aromatic heterocycles. The molecule has 0 fully saturated rings. The van der Waals surface area contributed by atoms with E-state index in [1.165, 1.54) is 141 Å². The highest BCUT2D eigenvalue weighted by Crippen LogP contribution is 2.45. The molecule has 0 aromatic carbocycles. The molecule has 0 saturated carbocycles. The smallest absolute Gasteiger partial charge is 0.463 e. The fraction of sp³-hybridized carbons (Fsp3) is 0.667. The molecule has 0 amide bonds. The molecule has 0 saturated heterocycles. The topological polar surface area (TPSA) is 231 Å². The number of esters is 3. The molecule has 16 nitrogen and oxygen atoms in total. The number of carbonyl (C=O) groups is 3. The second kappa shape index (κ2) is 95.5. The summed E-state index contributed by atoms with van der Waals surface area (Å²) in [6.45, 7) is 2.38. The van der Waals surface area contributed by atoms with Gasteiger partial charge in [-0.3, -0.25) is 32.5 Å². The summed E-state index contributed by atoms with van der Waals surface area (Å²) in [6.07, 6.45) is 128. The summed E-state index contributed by atoms with van der Waals surface area (Å²) in [5, 5.41) is 20.8. The number of hydrogen-bond acceptors (Lipinski definition) is 14. The molecule has 123 heavy (non-hydrogen) atoms. The quantitative estimate of drug-likeness (QED) is 0.0146. The number of phosphoric ester groups is 2. The maximum atomic E-state index is 13.1. The van der Waals surface area contributed by atoms with E-state index in [0.29, 0.717) is 19.3 Å². The van der Waals surface area contributed by atoms with Crippen LogP contribution in [0.5, 0.6) is 0 Å². The lowest BCUT2D eigenvalue weighted by molar-refractivity contribution is -0.161. The fourth-order valence-corrected chi connectivity index (χ4v) is 14.6. The summed E-state index contributed by atoms with van der Waals surface area (Å²) in [5.74, 6) is -1.58. The van der Waals surface area contributed by atoms with Crippen LogP contribution in [-0.2, 0) is 55.8 Å². The standard InChI is InChI=1S/C105H176O16P2/c1-4-7-10-13-16-19-22-25-28-31-34-37-40-43-45-47-48-49-50-52-54-56-58-61-64-67-70-73-76-79-82-85-88-91-103(108)115-94-100(106)95-117-122(111,112)118-96-101(107)97-119-123(113,114)120-99-102(121-105(110)93-90-87-84-81-78-75-72-69-66-63-60-55-42-39-36-33-30-27-24-21-18-15-12-9-6-3)98-116-104(109)92-89-86-83-80-77-74-71-68-65-62-59-57-53-51-46-44-41-38-35-32-29-26-23-20-17-14-11-8-5-2/h7-12,16-21,25-30,34-39,43-46,48-49,55,60,100-102,106-107H,4-6,13-15,22-24,31-33,40-42,47,50-54,56-59,61-99H2,1-3H3,(H,111,112)(H,113,114)/b10-7-,11-8-,12-9-,19-16-,20-17-,21-18-,28-25-,29-26-,30-27-,37-34-,38-35-,39-36-,45-43-,46-44-,49-48-,60-55-. The van der Waals surface area contributed by atoms with E-state index in [2.05, 4.69) is 215 Å². The van der Waals surface area contributed by atoms with Crippen LogP contribution in [0.15, 0.2) is 194 Å². The van der Waals surface area contributed by atoms with Gasteiger partial charge in [-0.2, -0.15) is 0 Å². The molecule has 0 aliphatic heterocycles. The largest absolute Gasteiger partial charge is 0.472 e. The van der Waals surface area contributed by atoms with Crippen molar-refractivity contribution in [1.82, 2.24) is 0 Å². The van der Waals surface area contributed by atoms with Crippen molar-refractivity contribution >= 4 is 33.6 Å². The fourth-order valence-electron chi connectivity index (χ4n) is 13.0. The summed E-state index contributed by atoms with van der Waals surface area (Å²) < 4.78 is 61.6. The molecule has 0 rings (SSSR count). The predicted molar refractivity (Wildman–Crippen MR) is 518 cm³/mol. The Morgan fingerprint density at radius 3 is 0.642 bits per heavy atom. The first-order chi connectivity index (χ1) is 60.2. The van der Waals surface area contributed by atoms with Crippen molar-refractivity contribution in [2.24, 2.45) is 0 Å². The van der Waals surface area contributed by atoms with Gasteiger partial charge >= 0.3 is 33.6 Å². The Balaban J connectivity index is 4.62. The second-order valence-electron chi connectivity index (χ2n) is 32.1. The van der Waals surface area contributed by atoms with Crippen LogP contribution >= 0.6 is 15.6 Å². The van der Waals surface area contributed by atoms with E-state index in [4.69, 9.17) is 32.3 Å². The van der Waals surface area contributed by atoms with Crippen molar-refractivity contribution in [2.45, 2.75) is 411 Å². The lowest BCUT2D eigenvalue weighted by Gasteiger charge is -2.21. The Hall–Kier alpha value is -5.61. The van der Waals surface area contributed by atoms with E-state index in [9.17, 15) is 43.5 Å². The molecule has 0 aliphatic carbocycles. The molecule has 0 aliphatic rings. The van der Waals surface area contributed by atoms with Gasteiger partial charge in [-0.15, -0.1) is 0 Å². The Labute approximate surface area is 750 Å². The van der Waals surface area contributed by atoms with E-state index in [0.717, 1.165) is 193 Å². The molecule has 0 heterocycles. The number of aliphatic hydroxyl groups is 2. The van der Waals surface area contributed by atoms with E-state index in [-0.39, 0.29) is 19.3 Å². The number of hydrogen-bond donors (Lipinski definition) is 4. The normalized spacial score (nSPS) is 14.6. The lowest BCUT2D eigenvalue weighted by atomic mass is 10.0. The zero-order chi connectivity index (χ0) is 89.3. The predicted octanol–water partition coefficient (Wildman–Crippen LogP) is 30.6. The Bertz CT molecular complexity index is 3020. The highest BCUT2D eigenvalue weighted by molar-refractivity contribution is 7.47. The van der Waals surface area contributed by atoms with Crippen molar-refractivity contribution in [1.29, 1.82) is 0 Å². The molecule has 0 spiro atoms. The van der Waals surface area contributed by atoms with Gasteiger partial charge in [0.2, 0.25) is 0 Å². The average molecular weight is 1760 g/mol. The molecule has 0 aromatic rings. The van der Waals surface area contributed by atoms with Crippen molar-refractivity contribution < 1.29 is 75.8 Å². The van der Waals surface area contributed by atoms with E-state index < -0.39 is 91.5 Å². The minimum absolute atomic E-state index is 0.0919. The molecule has 4 N–H and O–H groups in total. The van der Waals surface area contributed by atoms with Crippen LogP contribution in [0.2, 0.25) is 0 Å². The highest BCUT2D eigenvalue weighted by atomic mass is 31.2. The SMILES string of the molecule is CC/C=C\C/C=C\C/C=C\C/C=C\C/C=C\C/C=C\CCCCCCCCCCCCCCCCC(=O)OCC(O)COP(=O)(O)OCC(O)COP(=O)(O)OCC(COC(=O)CCCCCCCCCCCCCCC/C=C\C/C=C\C/C=C\C/C=C\C/C=C\CC)OC(=O)CCCCCCCCCCC/C=C\C/C=C\C/C=C\C/C=C\C/C=C\CC. The summed E-state index contributed by atoms with van der Waals surface area (Å²) in [7, 11) is -9.82. The molecule has 5 unspecified atom stereocenters. The van der Waals surface area contributed by atoms with Gasteiger partial charge in [-0.05, 0) is 161 Å². The van der Waals surface area contributed by atoms with Gasteiger partial charge < -0.3 is 34.2 Å². The Kier molecular flexibility index (Phi) is 91.1. The first-order valence-corrected chi connectivity index (χ1v) is 51.7. The zero-order valence-corrected chi connectivity index (χ0v) is 79.3. The van der Waals surface area contributed by atoms with Gasteiger partial charge in [-0.25, -0.2) is 9.13 Å². The summed E-state index contributed by atoms with van der Waals surface area (Å²) >= 11 is 0. The van der Waals surface area contributed by atoms with Crippen LogP contribution < -0.4 is 0 Å². The maximum Gasteiger partial charge on any atom is 0.472 e. The second-order valence-corrected chi connectivity index (χ2v) is 35.0. The van der Waals surface area contributed by atoms with Gasteiger partial charge in [0.1, 0.15) is 25.4 Å². The van der Waals surface area contributed by atoms with Crippen LogP contribution in [0.4, 0.5) is 0 Å². The molecular formula is C105H176O16P2. The monoisotopic (exact) mass is 1760 g/mol. The number of rotatable bonds is 91. The number of allylic oxidation sites excluding steroid dienone is 32. The van der Waals surface area contributed by atoms with E-state index in [1.807, 2.05) is 0 Å². The van der Waals surface area contributed by atoms with Crippen molar-refractivity contribution in [2.75, 3.05) is 39.6 Å². The highest BCUT2D eigenvalue weighted by Gasteiger charge is 2.30. The maximum absolute atomic E-state index is 13.1. The average Bonchev–Trinajstić information content (AvgIpc) is 0.892. The number of phosphoric acid groups is 2. The molecule has 702 valence electrons. The number of ether oxygens (including phenoxy) is 3. The van der Waals surface area contributed by atoms with Gasteiger partial charge in [-0.1, -0.05) is 408 Å². The molecular weight excluding hydrogens is 1580 g/mol. The van der Waals surface area contributed by atoms with Crippen molar-refractivity contribution in [3.8, 4) is 0 Å². The number of aliphatic hydroxyl groups excluding tert-OH is 2. The first kappa shape index (κ1) is 117. The molecule has 0 radical (unpaired) electrons. The minimum Gasteiger partial charge on any atom is -0.463 e. The summed E-state index contributed by atoms with van der Waals surface area (Å²) in [6, 6.07) is 0. The molecule has 0 bridgehead atoms.